The normalized spacial score (nSPS) is 36.6. The van der Waals surface area contributed by atoms with E-state index in [9.17, 15) is 19.8 Å². The van der Waals surface area contributed by atoms with E-state index in [1.807, 2.05) is 0 Å². The third-order valence-electron chi connectivity index (χ3n) is 4.29. The average molecular weight is 257 g/mol. The lowest BCUT2D eigenvalue weighted by molar-refractivity contribution is -0.143. The maximum absolute atomic E-state index is 11.3. The zero-order valence-corrected chi connectivity index (χ0v) is 10.2. The third kappa shape index (κ3) is 2.43. The van der Waals surface area contributed by atoms with Crippen LogP contribution in [0, 0.1) is 11.8 Å². The molecule has 0 aromatic rings. The summed E-state index contributed by atoms with van der Waals surface area (Å²) in [6.45, 7) is 0.302. The van der Waals surface area contributed by atoms with Crippen molar-refractivity contribution in [2.75, 3.05) is 6.54 Å². The van der Waals surface area contributed by atoms with Crippen molar-refractivity contribution in [3.05, 3.63) is 0 Å². The topological polar surface area (TPSA) is 98.1 Å². The second-order valence-electron chi connectivity index (χ2n) is 5.28. The number of rotatable bonds is 2. The van der Waals surface area contributed by atoms with E-state index in [2.05, 4.69) is 0 Å². The van der Waals surface area contributed by atoms with Gasteiger partial charge in [-0.15, -0.1) is 0 Å². The number of nitrogens with zero attached hydrogens (tertiary/aromatic N) is 1. The van der Waals surface area contributed by atoms with E-state index < -0.39 is 18.1 Å². The molecule has 1 saturated carbocycles. The Hall–Kier alpha value is -1.30. The number of aliphatic hydroxyl groups is 1. The monoisotopic (exact) mass is 257 g/mol. The lowest BCUT2D eigenvalue weighted by Gasteiger charge is -2.32. The maximum atomic E-state index is 11.3. The molecule has 0 spiro atoms. The highest BCUT2D eigenvalue weighted by atomic mass is 16.4. The van der Waals surface area contributed by atoms with Crippen molar-refractivity contribution in [2.24, 2.45) is 11.8 Å². The molecule has 1 amide bonds. The molecule has 2 atom stereocenters. The minimum Gasteiger partial charge on any atom is -0.480 e. The Morgan fingerprint density at radius 3 is 2.11 bits per heavy atom. The van der Waals surface area contributed by atoms with Crippen molar-refractivity contribution >= 4 is 12.1 Å². The molecule has 2 fully saturated rings. The molecule has 3 N–H and O–H groups in total. The average Bonchev–Trinajstić information content (AvgIpc) is 2.74. The van der Waals surface area contributed by atoms with Gasteiger partial charge in [0.15, 0.2) is 0 Å². The smallest absolute Gasteiger partial charge is 0.408 e. The van der Waals surface area contributed by atoms with Gasteiger partial charge in [0, 0.05) is 6.54 Å². The highest BCUT2D eigenvalue weighted by Crippen LogP contribution is 2.39. The highest BCUT2D eigenvalue weighted by molar-refractivity contribution is 5.80. The molecule has 1 aliphatic carbocycles. The molecule has 0 bridgehead atoms. The summed E-state index contributed by atoms with van der Waals surface area (Å²) < 4.78 is 0. The number of aliphatic carboxylic acids is 1. The summed E-state index contributed by atoms with van der Waals surface area (Å²) >= 11 is 0. The fourth-order valence-electron chi connectivity index (χ4n) is 3.37. The molecule has 2 rings (SSSR count). The van der Waals surface area contributed by atoms with E-state index in [4.69, 9.17) is 5.11 Å². The van der Waals surface area contributed by atoms with Gasteiger partial charge in [-0.1, -0.05) is 0 Å². The van der Waals surface area contributed by atoms with Crippen LogP contribution in [-0.4, -0.2) is 51.0 Å². The van der Waals surface area contributed by atoms with E-state index in [1.54, 1.807) is 0 Å². The molecule has 1 aliphatic heterocycles. The molecule has 6 nitrogen and oxygen atoms in total. The van der Waals surface area contributed by atoms with Crippen LogP contribution in [0.5, 0.6) is 0 Å². The third-order valence-corrected chi connectivity index (χ3v) is 4.29. The van der Waals surface area contributed by atoms with Gasteiger partial charge in [-0.2, -0.15) is 0 Å². The van der Waals surface area contributed by atoms with Crippen molar-refractivity contribution in [2.45, 2.75) is 44.2 Å². The quantitative estimate of drug-likeness (QED) is 0.685. The Morgan fingerprint density at radius 2 is 1.61 bits per heavy atom. The molecule has 102 valence electrons. The van der Waals surface area contributed by atoms with Gasteiger partial charge in [0.2, 0.25) is 0 Å². The predicted octanol–water partition coefficient (Wildman–Crippen LogP) is 0.991. The molecule has 0 unspecified atom stereocenters. The van der Waals surface area contributed by atoms with Crippen molar-refractivity contribution in [3.8, 4) is 0 Å². The fourth-order valence-corrected chi connectivity index (χ4v) is 3.37. The van der Waals surface area contributed by atoms with Crippen LogP contribution in [-0.2, 0) is 4.79 Å². The summed E-state index contributed by atoms with van der Waals surface area (Å²) in [5.74, 6) is -0.934. The van der Waals surface area contributed by atoms with Gasteiger partial charge in [-0.3, -0.25) is 4.90 Å². The largest absolute Gasteiger partial charge is 0.480 e. The Morgan fingerprint density at radius 1 is 1.00 bits per heavy atom. The fraction of sp³-hybridized carbons (Fsp3) is 0.833. The van der Waals surface area contributed by atoms with Gasteiger partial charge in [-0.25, -0.2) is 9.59 Å². The summed E-state index contributed by atoms with van der Waals surface area (Å²) in [6, 6.07) is -0.914. The van der Waals surface area contributed by atoms with Crippen molar-refractivity contribution in [1.29, 1.82) is 0 Å². The number of carboxylic acid groups (broad SMARTS) is 2. The first-order chi connectivity index (χ1) is 8.50. The number of carbonyl (C=O) groups is 2. The first-order valence-electron chi connectivity index (χ1n) is 6.41. The predicted molar refractivity (Wildman–Crippen MR) is 62.2 cm³/mol. The number of likely N-dealkylation sites (tertiary alicyclic amines) is 1. The number of hydrogen-bond acceptors (Lipinski definition) is 3. The summed E-state index contributed by atoms with van der Waals surface area (Å²) in [7, 11) is 0. The van der Waals surface area contributed by atoms with Crippen LogP contribution in [0.1, 0.15) is 32.1 Å². The number of carboxylic acids is 1. The van der Waals surface area contributed by atoms with Crippen molar-refractivity contribution in [1.82, 2.24) is 4.90 Å². The van der Waals surface area contributed by atoms with Gasteiger partial charge in [0.05, 0.1) is 6.10 Å². The lowest BCUT2D eigenvalue weighted by Crippen LogP contribution is -2.44. The van der Waals surface area contributed by atoms with Crippen LogP contribution in [0.4, 0.5) is 4.79 Å². The standard InChI is InChI=1S/C12H19NO5/c14-8-3-1-7(2-4-8)9-5-6-13(12(17)18)10(9)11(15)16/h7-10,14H,1-6H2,(H,15,16)(H,17,18)/t7-,8-,9-,10-/m1/s1. The van der Waals surface area contributed by atoms with Gasteiger partial charge in [0.25, 0.3) is 0 Å². The molecule has 0 aromatic heterocycles. The van der Waals surface area contributed by atoms with E-state index in [0.717, 1.165) is 17.7 Å². The highest BCUT2D eigenvalue weighted by Gasteiger charge is 2.45. The molecule has 1 saturated heterocycles. The van der Waals surface area contributed by atoms with E-state index >= 15 is 0 Å². The molecular weight excluding hydrogens is 238 g/mol. The van der Waals surface area contributed by atoms with Crippen molar-refractivity contribution in [3.63, 3.8) is 0 Å². The summed E-state index contributed by atoms with van der Waals surface area (Å²) in [5.41, 5.74) is 0. The SMILES string of the molecule is O=C(O)[C@H]1[C@@H]([C@H]2CC[C@H](O)CC2)CCN1C(=O)O. The summed E-state index contributed by atoms with van der Waals surface area (Å²) in [6.07, 6.45) is 2.17. The Bertz CT molecular complexity index is 337. The van der Waals surface area contributed by atoms with Crippen LogP contribution >= 0.6 is 0 Å². The Balaban J connectivity index is 2.08. The van der Waals surface area contributed by atoms with Crippen LogP contribution < -0.4 is 0 Å². The molecule has 0 aromatic carbocycles. The van der Waals surface area contributed by atoms with Crippen LogP contribution in [0.25, 0.3) is 0 Å². The van der Waals surface area contributed by atoms with Crippen LogP contribution in [0.3, 0.4) is 0 Å². The number of aliphatic hydroxyl groups excluding tert-OH is 1. The van der Waals surface area contributed by atoms with Gasteiger partial charge >= 0.3 is 12.1 Å². The molecular formula is C12H19NO5. The van der Waals surface area contributed by atoms with Crippen molar-refractivity contribution < 1.29 is 24.9 Å². The molecule has 18 heavy (non-hydrogen) atoms. The molecule has 2 aliphatic rings. The first kappa shape index (κ1) is 13.1. The van der Waals surface area contributed by atoms with E-state index in [-0.39, 0.29) is 17.9 Å². The summed E-state index contributed by atoms with van der Waals surface area (Å²) in [4.78, 5) is 23.3. The molecule has 6 heteroatoms. The zero-order valence-electron chi connectivity index (χ0n) is 10.2. The van der Waals surface area contributed by atoms with E-state index in [0.29, 0.717) is 25.8 Å². The second kappa shape index (κ2) is 5.14. The maximum Gasteiger partial charge on any atom is 0.408 e. The first-order valence-corrected chi connectivity index (χ1v) is 6.41. The van der Waals surface area contributed by atoms with E-state index in [1.165, 1.54) is 0 Å². The van der Waals surface area contributed by atoms with Gasteiger partial charge < -0.3 is 15.3 Å². The van der Waals surface area contributed by atoms with Crippen LogP contribution in [0.15, 0.2) is 0 Å². The zero-order chi connectivity index (χ0) is 13.3. The lowest BCUT2D eigenvalue weighted by atomic mass is 9.76. The summed E-state index contributed by atoms with van der Waals surface area (Å²) in [5, 5.41) is 27.7. The Labute approximate surface area is 105 Å². The minimum atomic E-state index is -1.15. The van der Waals surface area contributed by atoms with Gasteiger partial charge in [0.1, 0.15) is 6.04 Å². The second-order valence-corrected chi connectivity index (χ2v) is 5.28. The minimum absolute atomic E-state index is 0.105. The molecule has 0 radical (unpaired) electrons. The number of amides is 1. The van der Waals surface area contributed by atoms with Crippen LogP contribution in [0.2, 0.25) is 0 Å². The number of hydrogen-bond donors (Lipinski definition) is 3. The molecule has 1 heterocycles. The Kier molecular flexibility index (Phi) is 3.75. The van der Waals surface area contributed by atoms with Gasteiger partial charge in [-0.05, 0) is 43.9 Å².